The maximum Gasteiger partial charge on any atom is 0.126 e. The Labute approximate surface area is 82.1 Å². The second-order valence-electron chi connectivity index (χ2n) is 3.60. The number of benzene rings is 1. The second-order valence-corrected chi connectivity index (χ2v) is 3.60. The van der Waals surface area contributed by atoms with E-state index in [1.807, 2.05) is 0 Å². The summed E-state index contributed by atoms with van der Waals surface area (Å²) in [5, 5.41) is 3.09. The van der Waals surface area contributed by atoms with Gasteiger partial charge in [0.2, 0.25) is 0 Å². The summed E-state index contributed by atoms with van der Waals surface area (Å²) in [6, 6.07) is 4.46. The molecule has 1 heterocycles. The van der Waals surface area contributed by atoms with Crippen LogP contribution in [0.1, 0.15) is 5.56 Å². The molecule has 3 N–H and O–H groups in total. The average Bonchev–Trinajstić information content (AvgIpc) is 2.14. The van der Waals surface area contributed by atoms with Crippen molar-refractivity contribution in [2.75, 3.05) is 20.2 Å². The van der Waals surface area contributed by atoms with Gasteiger partial charge in [0.25, 0.3) is 0 Å². The number of nitrogens with one attached hydrogen (secondary N) is 1. The molecule has 0 radical (unpaired) electrons. The van der Waals surface area contributed by atoms with E-state index < -0.39 is 5.54 Å². The number of hydrogen-bond acceptors (Lipinski definition) is 3. The molecule has 0 atom stereocenters. The fourth-order valence-corrected chi connectivity index (χ4v) is 1.66. The summed E-state index contributed by atoms with van der Waals surface area (Å²) in [6.07, 6.45) is 0. The predicted molar refractivity (Wildman–Crippen MR) is 51.7 cm³/mol. The lowest BCUT2D eigenvalue weighted by Crippen LogP contribution is -2.62. The fraction of sp³-hybridized carbons (Fsp3) is 0.400. The molecular formula is C10H13FN2O. The van der Waals surface area contributed by atoms with Crippen LogP contribution in [-0.4, -0.2) is 20.2 Å². The molecule has 0 aromatic heterocycles. The van der Waals surface area contributed by atoms with E-state index in [9.17, 15) is 4.39 Å². The zero-order chi connectivity index (χ0) is 10.2. The summed E-state index contributed by atoms with van der Waals surface area (Å²) in [5.74, 6) is 0.218. The Kier molecular flexibility index (Phi) is 2.17. The molecule has 76 valence electrons. The molecule has 0 spiro atoms. The highest BCUT2D eigenvalue weighted by atomic mass is 19.1. The van der Waals surface area contributed by atoms with Crippen molar-refractivity contribution in [3.8, 4) is 5.75 Å². The third kappa shape index (κ3) is 1.36. The topological polar surface area (TPSA) is 47.3 Å². The van der Waals surface area contributed by atoms with E-state index in [0.29, 0.717) is 18.8 Å². The smallest absolute Gasteiger partial charge is 0.126 e. The van der Waals surface area contributed by atoms with Gasteiger partial charge in [0.05, 0.1) is 12.6 Å². The first kappa shape index (κ1) is 9.43. The van der Waals surface area contributed by atoms with Crippen LogP contribution in [0.15, 0.2) is 18.2 Å². The highest BCUT2D eigenvalue weighted by Gasteiger charge is 2.36. The molecular weight excluding hydrogens is 183 g/mol. The first-order valence-electron chi connectivity index (χ1n) is 4.49. The van der Waals surface area contributed by atoms with Gasteiger partial charge in [-0.3, -0.25) is 0 Å². The van der Waals surface area contributed by atoms with Gasteiger partial charge >= 0.3 is 0 Å². The first-order chi connectivity index (χ1) is 6.65. The number of methoxy groups -OCH3 is 1. The normalized spacial score (nSPS) is 18.8. The third-order valence-corrected chi connectivity index (χ3v) is 2.58. The van der Waals surface area contributed by atoms with Gasteiger partial charge in [0.1, 0.15) is 11.6 Å². The molecule has 0 aliphatic carbocycles. The van der Waals surface area contributed by atoms with Crippen LogP contribution in [0.3, 0.4) is 0 Å². The molecule has 14 heavy (non-hydrogen) atoms. The Hall–Kier alpha value is -1.13. The molecule has 0 saturated carbocycles. The molecule has 1 aromatic rings. The van der Waals surface area contributed by atoms with E-state index in [2.05, 4.69) is 5.32 Å². The summed E-state index contributed by atoms with van der Waals surface area (Å²) < 4.78 is 18.0. The maximum atomic E-state index is 12.9. The summed E-state index contributed by atoms with van der Waals surface area (Å²) in [4.78, 5) is 0. The van der Waals surface area contributed by atoms with Crippen LogP contribution in [0.2, 0.25) is 0 Å². The Morgan fingerprint density at radius 3 is 2.71 bits per heavy atom. The summed E-state index contributed by atoms with van der Waals surface area (Å²) in [7, 11) is 1.52. The second kappa shape index (κ2) is 3.22. The minimum atomic E-state index is -0.404. The molecule has 1 aromatic carbocycles. The number of halogens is 1. The number of rotatable bonds is 2. The fourth-order valence-electron chi connectivity index (χ4n) is 1.66. The standard InChI is InChI=1S/C10H13FN2O/c1-14-9-4-7(11)2-3-8(9)10(12)5-13-6-10/h2-4,13H,5-6,12H2,1H3. The Morgan fingerprint density at radius 2 is 2.21 bits per heavy atom. The number of nitrogens with two attached hydrogens (primary N) is 1. The van der Waals surface area contributed by atoms with Crippen LogP contribution in [-0.2, 0) is 5.54 Å². The van der Waals surface area contributed by atoms with E-state index in [1.54, 1.807) is 6.07 Å². The van der Waals surface area contributed by atoms with Crippen molar-refractivity contribution in [3.05, 3.63) is 29.6 Å². The van der Waals surface area contributed by atoms with Crippen molar-refractivity contribution < 1.29 is 9.13 Å². The monoisotopic (exact) mass is 196 g/mol. The Bertz CT molecular complexity index is 350. The number of ether oxygens (including phenoxy) is 1. The molecule has 3 nitrogen and oxygen atoms in total. The van der Waals surface area contributed by atoms with Crippen molar-refractivity contribution in [1.82, 2.24) is 5.32 Å². The lowest BCUT2D eigenvalue weighted by atomic mass is 9.85. The van der Waals surface area contributed by atoms with Crippen LogP contribution < -0.4 is 15.8 Å². The lowest BCUT2D eigenvalue weighted by Gasteiger charge is -2.40. The van der Waals surface area contributed by atoms with Gasteiger partial charge in [-0.25, -0.2) is 4.39 Å². The zero-order valence-corrected chi connectivity index (χ0v) is 8.01. The minimum absolute atomic E-state index is 0.304. The van der Waals surface area contributed by atoms with Crippen LogP contribution in [0.5, 0.6) is 5.75 Å². The molecule has 2 rings (SSSR count). The van der Waals surface area contributed by atoms with Crippen LogP contribution >= 0.6 is 0 Å². The molecule has 4 heteroatoms. The zero-order valence-electron chi connectivity index (χ0n) is 8.01. The molecule has 1 fully saturated rings. The van der Waals surface area contributed by atoms with E-state index >= 15 is 0 Å². The van der Waals surface area contributed by atoms with Gasteiger partial charge in [0, 0.05) is 24.7 Å². The lowest BCUT2D eigenvalue weighted by molar-refractivity contribution is 0.274. The summed E-state index contributed by atoms with van der Waals surface area (Å²) in [6.45, 7) is 1.41. The Morgan fingerprint density at radius 1 is 1.50 bits per heavy atom. The largest absolute Gasteiger partial charge is 0.496 e. The van der Waals surface area contributed by atoms with Gasteiger partial charge in [-0.05, 0) is 6.07 Å². The third-order valence-electron chi connectivity index (χ3n) is 2.58. The van der Waals surface area contributed by atoms with Crippen LogP contribution in [0.25, 0.3) is 0 Å². The maximum absolute atomic E-state index is 12.9. The predicted octanol–water partition coefficient (Wildman–Crippen LogP) is 0.592. The van der Waals surface area contributed by atoms with Gasteiger partial charge < -0.3 is 15.8 Å². The summed E-state index contributed by atoms with van der Waals surface area (Å²) in [5.41, 5.74) is 6.54. The average molecular weight is 196 g/mol. The van der Waals surface area contributed by atoms with Gasteiger partial charge in [-0.1, -0.05) is 6.07 Å². The number of hydrogen-bond donors (Lipinski definition) is 2. The Balaban J connectivity index is 2.41. The molecule has 1 aliphatic rings. The van der Waals surface area contributed by atoms with E-state index in [1.165, 1.54) is 19.2 Å². The molecule has 1 saturated heterocycles. The highest BCUT2D eigenvalue weighted by molar-refractivity contribution is 5.41. The van der Waals surface area contributed by atoms with Crippen molar-refractivity contribution in [2.24, 2.45) is 5.73 Å². The van der Waals surface area contributed by atoms with E-state index in [-0.39, 0.29) is 5.82 Å². The first-order valence-corrected chi connectivity index (χ1v) is 4.49. The van der Waals surface area contributed by atoms with Gasteiger partial charge in [-0.15, -0.1) is 0 Å². The molecule has 1 aliphatic heterocycles. The molecule has 0 bridgehead atoms. The van der Waals surface area contributed by atoms with Crippen molar-refractivity contribution in [3.63, 3.8) is 0 Å². The van der Waals surface area contributed by atoms with Crippen LogP contribution in [0.4, 0.5) is 4.39 Å². The van der Waals surface area contributed by atoms with E-state index in [0.717, 1.165) is 5.56 Å². The van der Waals surface area contributed by atoms with Gasteiger partial charge in [0.15, 0.2) is 0 Å². The summed E-state index contributed by atoms with van der Waals surface area (Å²) >= 11 is 0. The quantitative estimate of drug-likeness (QED) is 0.727. The highest BCUT2D eigenvalue weighted by Crippen LogP contribution is 2.31. The van der Waals surface area contributed by atoms with Crippen molar-refractivity contribution in [1.29, 1.82) is 0 Å². The molecule has 0 unspecified atom stereocenters. The molecule has 0 amide bonds. The van der Waals surface area contributed by atoms with E-state index in [4.69, 9.17) is 10.5 Å². The minimum Gasteiger partial charge on any atom is -0.496 e. The van der Waals surface area contributed by atoms with Crippen LogP contribution in [0, 0.1) is 5.82 Å². The van der Waals surface area contributed by atoms with Gasteiger partial charge in [-0.2, -0.15) is 0 Å². The van der Waals surface area contributed by atoms with Crippen molar-refractivity contribution >= 4 is 0 Å². The van der Waals surface area contributed by atoms with Crippen molar-refractivity contribution in [2.45, 2.75) is 5.54 Å². The SMILES string of the molecule is COc1cc(F)ccc1C1(N)CNC1.